The molecule has 10 heteroatoms. The number of carbonyl (C=O) groups is 3. The highest BCUT2D eigenvalue weighted by Crippen LogP contribution is 2.31. The molecule has 2 aromatic carbocycles. The Kier molecular flexibility index (Phi) is 9.44. The molecule has 0 aliphatic heterocycles. The lowest BCUT2D eigenvalue weighted by Crippen LogP contribution is -2.35. The average Bonchev–Trinajstić information content (AvgIpc) is 2.86. The third kappa shape index (κ3) is 7.37. The highest BCUT2D eigenvalue weighted by Gasteiger charge is 2.27. The molecular weight excluding hydrogens is 515 g/mol. The Morgan fingerprint density at radius 2 is 1.66 bits per heavy atom. The van der Waals surface area contributed by atoms with Gasteiger partial charge in [0.1, 0.15) is 17.3 Å². The van der Waals surface area contributed by atoms with Gasteiger partial charge in [-0.2, -0.15) is 0 Å². The van der Waals surface area contributed by atoms with Crippen LogP contribution in [0.25, 0.3) is 0 Å². The van der Waals surface area contributed by atoms with E-state index in [1.807, 2.05) is 0 Å². The fourth-order valence-corrected chi connectivity index (χ4v) is 4.78. The summed E-state index contributed by atoms with van der Waals surface area (Å²) in [6.07, 6.45) is 5.59. The Labute approximate surface area is 225 Å². The molecule has 2 aliphatic rings. The quantitative estimate of drug-likeness (QED) is 0.348. The lowest BCUT2D eigenvalue weighted by Gasteiger charge is -2.26. The van der Waals surface area contributed by atoms with E-state index in [9.17, 15) is 18.8 Å². The number of benzene rings is 2. The first-order valence-electron chi connectivity index (χ1n) is 13.0. The van der Waals surface area contributed by atoms with E-state index in [2.05, 4.69) is 10.6 Å². The number of carboxylic acids is 1. The minimum Gasteiger partial charge on any atom is -0.492 e. The first-order valence-corrected chi connectivity index (χ1v) is 13.4. The van der Waals surface area contributed by atoms with Crippen molar-refractivity contribution in [2.45, 2.75) is 51.0 Å². The predicted octanol–water partition coefficient (Wildman–Crippen LogP) is 4.84. The Bertz CT molecular complexity index is 1160. The third-order valence-corrected chi connectivity index (χ3v) is 7.40. The number of nitrogens with one attached hydrogen (secondary N) is 2. The van der Waals surface area contributed by atoms with Crippen LogP contribution in [0.5, 0.6) is 11.5 Å². The molecule has 0 radical (unpaired) electrons. The van der Waals surface area contributed by atoms with Crippen molar-refractivity contribution in [3.63, 3.8) is 0 Å². The van der Waals surface area contributed by atoms with Crippen LogP contribution in [0.15, 0.2) is 36.4 Å². The molecule has 0 aromatic heterocycles. The van der Waals surface area contributed by atoms with Gasteiger partial charge >= 0.3 is 5.97 Å². The zero-order valence-electron chi connectivity index (χ0n) is 21.0. The molecule has 2 amide bonds. The van der Waals surface area contributed by atoms with Crippen LogP contribution >= 0.6 is 11.6 Å². The highest BCUT2D eigenvalue weighted by atomic mass is 35.5. The van der Waals surface area contributed by atoms with Crippen LogP contribution in [0.2, 0.25) is 5.02 Å². The van der Waals surface area contributed by atoms with E-state index in [0.717, 1.165) is 6.07 Å². The van der Waals surface area contributed by atoms with Crippen LogP contribution in [0, 0.1) is 17.7 Å². The normalized spacial score (nSPS) is 19.2. The first kappa shape index (κ1) is 27.7. The summed E-state index contributed by atoms with van der Waals surface area (Å²) < 4.78 is 26.1. The van der Waals surface area contributed by atoms with Gasteiger partial charge in [0.05, 0.1) is 29.2 Å². The molecular formula is C28H32ClFN2O6. The van der Waals surface area contributed by atoms with Crippen LogP contribution in [0.4, 0.5) is 4.39 Å². The zero-order chi connectivity index (χ0) is 27.1. The Morgan fingerprint density at radius 3 is 2.26 bits per heavy atom. The topological polar surface area (TPSA) is 114 Å². The number of hydrogen-bond acceptors (Lipinski definition) is 5. The maximum atomic E-state index is 14.6. The Morgan fingerprint density at radius 1 is 0.947 bits per heavy atom. The van der Waals surface area contributed by atoms with Gasteiger partial charge in [0.2, 0.25) is 0 Å². The second-order valence-electron chi connectivity index (χ2n) is 9.84. The summed E-state index contributed by atoms with van der Waals surface area (Å²) in [4.78, 5) is 35.9. The summed E-state index contributed by atoms with van der Waals surface area (Å²) in [5.74, 6) is -1.43. The first-order chi connectivity index (χ1) is 18.3. The van der Waals surface area contributed by atoms with E-state index in [-0.39, 0.29) is 36.6 Å². The molecule has 0 spiro atoms. The summed E-state index contributed by atoms with van der Waals surface area (Å²) >= 11 is 6.26. The van der Waals surface area contributed by atoms with Crippen LogP contribution in [-0.2, 0) is 4.79 Å². The van der Waals surface area contributed by atoms with Crippen molar-refractivity contribution in [1.82, 2.24) is 10.6 Å². The molecule has 2 saturated carbocycles. The molecule has 8 nitrogen and oxygen atoms in total. The van der Waals surface area contributed by atoms with Crippen molar-refractivity contribution >= 4 is 29.4 Å². The van der Waals surface area contributed by atoms with Crippen molar-refractivity contribution in [1.29, 1.82) is 0 Å². The Balaban J connectivity index is 1.19. The van der Waals surface area contributed by atoms with Gasteiger partial charge in [0, 0.05) is 24.7 Å². The van der Waals surface area contributed by atoms with E-state index in [1.54, 1.807) is 18.2 Å². The van der Waals surface area contributed by atoms with Crippen LogP contribution < -0.4 is 20.1 Å². The van der Waals surface area contributed by atoms with Gasteiger partial charge in [-0.3, -0.25) is 14.4 Å². The second kappa shape index (κ2) is 13.0. The second-order valence-corrected chi connectivity index (χ2v) is 10.2. The van der Waals surface area contributed by atoms with Crippen molar-refractivity contribution in [3.8, 4) is 11.5 Å². The van der Waals surface area contributed by atoms with E-state index in [1.165, 1.54) is 31.4 Å². The molecule has 2 fully saturated rings. The van der Waals surface area contributed by atoms with Crippen LogP contribution in [0.1, 0.15) is 65.7 Å². The molecule has 3 N–H and O–H groups in total. The van der Waals surface area contributed by atoms with Gasteiger partial charge in [0.15, 0.2) is 0 Å². The number of amides is 2. The number of carboxylic acid groups (broad SMARTS) is 1. The molecule has 0 heterocycles. The number of rotatable bonds is 11. The number of halogens is 2. The van der Waals surface area contributed by atoms with Crippen molar-refractivity contribution in [3.05, 3.63) is 58.4 Å². The number of carbonyl (C=O) groups excluding carboxylic acids is 2. The fraction of sp³-hybridized carbons (Fsp3) is 0.464. The minimum atomic E-state index is -0.799. The summed E-state index contributed by atoms with van der Waals surface area (Å²) in [6.45, 7) is 0.867. The lowest BCUT2D eigenvalue weighted by molar-refractivity contribution is -0.143. The number of aliphatic carboxylic acids is 1. The van der Waals surface area contributed by atoms with Crippen molar-refractivity contribution in [2.75, 3.05) is 19.7 Å². The van der Waals surface area contributed by atoms with Gasteiger partial charge in [-0.25, -0.2) is 4.39 Å². The van der Waals surface area contributed by atoms with Crippen molar-refractivity contribution in [2.24, 2.45) is 11.8 Å². The maximum absolute atomic E-state index is 14.6. The van der Waals surface area contributed by atoms with E-state index in [4.69, 9.17) is 26.2 Å². The standard InChI is InChI=1S/C28H32ClFN2O6/c29-23-14-19(6-11-25(23)37-16-17-2-1-3-17)26(33)31-12-13-32-27(34)22-10-9-21(15-24(22)30)38-20-7-4-18(5-8-20)28(35)36/h6,9-11,14-15,17-18,20H,1-5,7-8,12-13,16H2,(H,31,33)(H,32,34)(H,35,36). The van der Waals surface area contributed by atoms with E-state index in [0.29, 0.717) is 60.3 Å². The highest BCUT2D eigenvalue weighted by molar-refractivity contribution is 6.32. The summed E-state index contributed by atoms with van der Waals surface area (Å²) in [7, 11) is 0. The van der Waals surface area contributed by atoms with Gasteiger partial charge in [-0.1, -0.05) is 18.0 Å². The average molecular weight is 547 g/mol. The summed E-state index contributed by atoms with van der Waals surface area (Å²) in [5, 5.41) is 14.7. The Hall–Kier alpha value is -3.33. The SMILES string of the molecule is O=C(NCCNC(=O)c1ccc(OC2CCC(C(=O)O)CC2)cc1F)c1ccc(OCC2CCC2)c(Cl)c1. The molecule has 0 unspecified atom stereocenters. The maximum Gasteiger partial charge on any atom is 0.306 e. The third-order valence-electron chi connectivity index (χ3n) is 7.10. The van der Waals surface area contributed by atoms with Crippen LogP contribution in [0.3, 0.4) is 0 Å². The number of ether oxygens (including phenoxy) is 2. The monoisotopic (exact) mass is 546 g/mol. The number of hydrogen-bond donors (Lipinski definition) is 3. The minimum absolute atomic E-state index is 0.103. The predicted molar refractivity (Wildman–Crippen MR) is 139 cm³/mol. The van der Waals surface area contributed by atoms with Crippen molar-refractivity contribution < 1.29 is 33.4 Å². The molecule has 2 aromatic rings. The molecule has 204 valence electrons. The van der Waals surface area contributed by atoms with Crippen LogP contribution in [-0.4, -0.2) is 48.7 Å². The lowest BCUT2D eigenvalue weighted by atomic mass is 9.86. The molecule has 0 bridgehead atoms. The molecule has 38 heavy (non-hydrogen) atoms. The molecule has 0 atom stereocenters. The molecule has 4 rings (SSSR count). The fourth-order valence-electron chi connectivity index (χ4n) is 4.55. The summed E-state index contributed by atoms with van der Waals surface area (Å²) in [6, 6.07) is 8.87. The molecule has 2 aliphatic carbocycles. The van der Waals surface area contributed by atoms with Gasteiger partial charge in [-0.05, 0) is 74.8 Å². The van der Waals surface area contributed by atoms with Gasteiger partial charge in [-0.15, -0.1) is 0 Å². The zero-order valence-corrected chi connectivity index (χ0v) is 21.8. The summed E-state index contributed by atoms with van der Waals surface area (Å²) in [5.41, 5.74) is 0.234. The van der Waals surface area contributed by atoms with Gasteiger partial charge in [0.25, 0.3) is 11.8 Å². The smallest absolute Gasteiger partial charge is 0.306 e. The van der Waals surface area contributed by atoms with Gasteiger partial charge < -0.3 is 25.2 Å². The molecule has 0 saturated heterocycles. The van der Waals surface area contributed by atoms with E-state index >= 15 is 0 Å². The van der Waals surface area contributed by atoms with E-state index < -0.39 is 17.7 Å². The largest absolute Gasteiger partial charge is 0.492 e.